The first-order valence-electron chi connectivity index (χ1n) is 27.5. The van der Waals surface area contributed by atoms with Gasteiger partial charge in [0, 0.05) is 25.0 Å². The molecule has 14 heteroatoms. The van der Waals surface area contributed by atoms with E-state index in [0.29, 0.717) is 12.8 Å². The van der Waals surface area contributed by atoms with Gasteiger partial charge in [-0.3, -0.25) is 18.4 Å². The van der Waals surface area contributed by atoms with Crippen LogP contribution in [0.3, 0.4) is 0 Å². The quantitative estimate of drug-likeness (QED) is 0.0200. The van der Waals surface area contributed by atoms with Crippen molar-refractivity contribution in [2.75, 3.05) is 33.0 Å². The SMILES string of the molecule is C=CCOP(=O)(OCCNC(=O)OC(C)(C)C)OC[C@H](NC(=O)OCC1c2ccccc2-c2ccccc21)C(=O)CCCC(CCCCCCCCCCCCC)O[Si](c1ccccc1)(c1ccccc1)C(C)(C)C. The molecule has 1 aliphatic carbocycles. The van der Waals surface area contributed by atoms with E-state index in [2.05, 4.69) is 106 Å². The molecule has 0 saturated carbocycles. The van der Waals surface area contributed by atoms with Gasteiger partial charge in [0.2, 0.25) is 0 Å². The van der Waals surface area contributed by atoms with Crippen LogP contribution in [0.1, 0.15) is 162 Å². The molecule has 0 radical (unpaired) electrons. The second-order valence-electron chi connectivity index (χ2n) is 21.7. The molecule has 410 valence electrons. The lowest BCUT2D eigenvalue weighted by atomic mass is 9.98. The van der Waals surface area contributed by atoms with Crippen LogP contribution in [-0.4, -0.2) is 77.0 Å². The number of fused-ring (bicyclic) bond motifs is 3. The third-order valence-corrected chi connectivity index (χ3v) is 20.2. The Morgan fingerprint density at radius 3 is 1.72 bits per heavy atom. The van der Waals surface area contributed by atoms with Gasteiger partial charge in [-0.25, -0.2) is 14.2 Å². The van der Waals surface area contributed by atoms with Crippen molar-refractivity contribution in [1.82, 2.24) is 10.6 Å². The zero-order valence-electron chi connectivity index (χ0n) is 46.1. The van der Waals surface area contributed by atoms with Gasteiger partial charge in [-0.05, 0) is 77.7 Å². The van der Waals surface area contributed by atoms with Crippen LogP contribution in [0.5, 0.6) is 0 Å². The Balaban J connectivity index is 1.33. The van der Waals surface area contributed by atoms with E-state index in [-0.39, 0.29) is 55.6 Å². The van der Waals surface area contributed by atoms with Gasteiger partial charge in [0.15, 0.2) is 5.78 Å². The molecular formula is C61H87N2O10PSi. The largest absolute Gasteiger partial charge is 0.475 e. The summed E-state index contributed by atoms with van der Waals surface area (Å²) in [5.74, 6) is -0.555. The number of rotatable bonds is 34. The van der Waals surface area contributed by atoms with Crippen LogP contribution >= 0.6 is 7.82 Å². The van der Waals surface area contributed by atoms with Gasteiger partial charge in [-0.1, -0.05) is 214 Å². The number of unbranched alkanes of at least 4 members (excludes halogenated alkanes) is 10. The van der Waals surface area contributed by atoms with Crippen LogP contribution in [0, 0.1) is 0 Å². The predicted octanol–water partition coefficient (Wildman–Crippen LogP) is 14.1. The fraction of sp³-hybridized carbons (Fsp3) is 0.525. The van der Waals surface area contributed by atoms with Crippen molar-refractivity contribution in [3.63, 3.8) is 0 Å². The van der Waals surface area contributed by atoms with E-state index in [1.54, 1.807) is 20.8 Å². The molecule has 2 amide bonds. The molecule has 0 spiro atoms. The van der Waals surface area contributed by atoms with Crippen molar-refractivity contribution in [1.29, 1.82) is 0 Å². The summed E-state index contributed by atoms with van der Waals surface area (Å²) in [5.41, 5.74) is 3.54. The van der Waals surface area contributed by atoms with Gasteiger partial charge in [0.05, 0.1) is 19.8 Å². The maximum Gasteiger partial charge on any atom is 0.475 e. The van der Waals surface area contributed by atoms with Crippen molar-refractivity contribution in [3.8, 4) is 11.1 Å². The number of hydrogen-bond donors (Lipinski definition) is 2. The molecule has 0 aliphatic heterocycles. The Kier molecular flexibility index (Phi) is 25.0. The van der Waals surface area contributed by atoms with E-state index in [9.17, 15) is 18.9 Å². The summed E-state index contributed by atoms with van der Waals surface area (Å²) in [5, 5.41) is 7.45. The number of benzene rings is 4. The number of phosphoric acid groups is 1. The zero-order valence-corrected chi connectivity index (χ0v) is 48.0. The molecule has 1 aliphatic rings. The van der Waals surface area contributed by atoms with Crippen LogP contribution in [0.2, 0.25) is 5.04 Å². The number of alkyl carbamates (subject to hydrolysis) is 2. The van der Waals surface area contributed by atoms with Gasteiger partial charge in [-0.2, -0.15) is 0 Å². The minimum Gasteiger partial charge on any atom is -0.449 e. The van der Waals surface area contributed by atoms with Gasteiger partial charge >= 0.3 is 20.0 Å². The lowest BCUT2D eigenvalue weighted by Gasteiger charge is -2.45. The second-order valence-corrected chi connectivity index (χ2v) is 27.6. The van der Waals surface area contributed by atoms with Gasteiger partial charge in [0.25, 0.3) is 8.32 Å². The Morgan fingerprint density at radius 2 is 1.19 bits per heavy atom. The standard InChI is InChI=1S/C61H87N2O10PSi/c1-9-11-12-13-14-15-16-17-18-19-22-32-48(73-75(61(6,7)8,49-34-23-20-24-35-49)50-36-25-21-26-37-50)33-31-42-57(64)56(47-71-74(67,69-44-10-2)70-45-43-62-58(65)72-60(3,4)5)63-59(66)68-46-55-53-40-29-27-38-51(53)52-39-28-30-41-54(52)55/h10,20-21,23-30,34-41,48,55-56H,2,9,11-19,22,31-33,42-47H2,1,3-8H3,(H,62,65)(H,63,66)/t48?,56-,74?/m0/s1. The predicted molar refractivity (Wildman–Crippen MR) is 304 cm³/mol. The maximum absolute atomic E-state index is 14.5. The molecule has 3 atom stereocenters. The molecule has 5 rings (SSSR count). The third kappa shape index (κ3) is 19.3. The summed E-state index contributed by atoms with van der Waals surface area (Å²) in [6.07, 6.45) is 15.3. The molecular weight excluding hydrogens is 980 g/mol. The van der Waals surface area contributed by atoms with E-state index in [1.807, 2.05) is 48.5 Å². The van der Waals surface area contributed by atoms with Gasteiger partial charge < -0.3 is 24.5 Å². The fourth-order valence-electron chi connectivity index (χ4n) is 9.96. The van der Waals surface area contributed by atoms with Crippen LogP contribution in [0.15, 0.2) is 122 Å². The third-order valence-electron chi connectivity index (χ3n) is 13.6. The highest BCUT2D eigenvalue weighted by Gasteiger charge is 2.51. The van der Waals surface area contributed by atoms with Crippen LogP contribution in [0.4, 0.5) is 9.59 Å². The van der Waals surface area contributed by atoms with E-state index < -0.39 is 46.6 Å². The van der Waals surface area contributed by atoms with Crippen molar-refractivity contribution >= 4 is 44.5 Å². The highest BCUT2D eigenvalue weighted by Crippen LogP contribution is 2.49. The second kappa shape index (κ2) is 30.8. The first-order valence-corrected chi connectivity index (χ1v) is 30.9. The normalized spacial score (nSPS) is 14.2. The lowest BCUT2D eigenvalue weighted by molar-refractivity contribution is -0.122. The molecule has 2 unspecified atom stereocenters. The van der Waals surface area contributed by atoms with E-state index in [4.69, 9.17) is 27.5 Å². The summed E-state index contributed by atoms with van der Waals surface area (Å²) in [4.78, 5) is 40.7. The summed E-state index contributed by atoms with van der Waals surface area (Å²) >= 11 is 0. The first-order chi connectivity index (χ1) is 36.0. The average molecular weight is 1070 g/mol. The highest BCUT2D eigenvalue weighted by molar-refractivity contribution is 7.48. The summed E-state index contributed by atoms with van der Waals surface area (Å²) < 4.78 is 49.9. The van der Waals surface area contributed by atoms with E-state index >= 15 is 0 Å². The summed E-state index contributed by atoms with van der Waals surface area (Å²) in [6.45, 7) is 16.9. The number of amides is 2. The minimum absolute atomic E-state index is 0.0244. The summed E-state index contributed by atoms with van der Waals surface area (Å²) in [6, 6.07) is 36.1. The lowest BCUT2D eigenvalue weighted by Crippen LogP contribution is -2.67. The van der Waals surface area contributed by atoms with Crippen LogP contribution in [0.25, 0.3) is 11.1 Å². The van der Waals surface area contributed by atoms with E-state index in [1.165, 1.54) is 74.2 Å². The number of Topliss-reactive ketones (excluding diaryl/α,β-unsaturated/α-hetero) is 1. The molecule has 0 fully saturated rings. The maximum atomic E-state index is 14.5. The Hall–Kier alpha value is -4.88. The Morgan fingerprint density at radius 1 is 0.667 bits per heavy atom. The Bertz CT molecular complexity index is 2320. The molecule has 75 heavy (non-hydrogen) atoms. The molecule has 0 bridgehead atoms. The molecule has 0 saturated heterocycles. The number of ketones is 1. The Labute approximate surface area is 450 Å². The van der Waals surface area contributed by atoms with Crippen molar-refractivity contribution in [2.24, 2.45) is 0 Å². The number of ether oxygens (including phenoxy) is 2. The number of carbonyl (C=O) groups excluding carboxylic acids is 3. The van der Waals surface area contributed by atoms with Gasteiger partial charge in [0.1, 0.15) is 18.2 Å². The molecule has 12 nitrogen and oxygen atoms in total. The minimum atomic E-state index is -4.37. The van der Waals surface area contributed by atoms with Crippen molar-refractivity contribution in [3.05, 3.63) is 133 Å². The molecule has 2 N–H and O–H groups in total. The summed E-state index contributed by atoms with van der Waals surface area (Å²) in [7, 11) is -7.32. The monoisotopic (exact) mass is 1070 g/mol. The first kappa shape index (κ1) is 61.0. The molecule has 4 aromatic carbocycles. The van der Waals surface area contributed by atoms with Crippen LogP contribution in [-0.2, 0) is 36.8 Å². The number of phosphoric ester groups is 1. The topological polar surface area (TPSA) is 148 Å². The van der Waals surface area contributed by atoms with E-state index in [0.717, 1.165) is 41.5 Å². The highest BCUT2D eigenvalue weighted by atomic mass is 31.2. The van der Waals surface area contributed by atoms with Crippen molar-refractivity contribution < 1.29 is 46.4 Å². The van der Waals surface area contributed by atoms with Crippen molar-refractivity contribution in [2.45, 2.75) is 173 Å². The molecule has 0 heterocycles. The zero-order chi connectivity index (χ0) is 54.2. The smallest absolute Gasteiger partial charge is 0.449 e. The van der Waals surface area contributed by atoms with Crippen LogP contribution < -0.4 is 21.0 Å². The number of carbonyl (C=O) groups is 3. The number of nitrogens with one attached hydrogen (secondary N) is 2. The average Bonchev–Trinajstić information content (AvgIpc) is 3.72. The number of hydrogen-bond acceptors (Lipinski definition) is 10. The fourth-order valence-corrected chi connectivity index (χ4v) is 15.9. The van der Waals surface area contributed by atoms with Gasteiger partial charge in [-0.15, -0.1) is 6.58 Å². The molecule has 0 aromatic heterocycles. The molecule has 4 aromatic rings.